The van der Waals surface area contributed by atoms with Crippen molar-refractivity contribution in [3.05, 3.63) is 42.2 Å². The zero-order valence-corrected chi connectivity index (χ0v) is 11.6. The summed E-state index contributed by atoms with van der Waals surface area (Å²) in [5.74, 6) is 0. The zero-order valence-electron chi connectivity index (χ0n) is 11.6. The van der Waals surface area contributed by atoms with Gasteiger partial charge < -0.3 is 15.4 Å². The fourth-order valence-corrected chi connectivity index (χ4v) is 2.48. The number of pyridine rings is 1. The Labute approximate surface area is 119 Å². The highest BCUT2D eigenvalue weighted by Crippen LogP contribution is 2.29. The van der Waals surface area contributed by atoms with Crippen molar-refractivity contribution in [1.82, 2.24) is 4.98 Å². The van der Waals surface area contributed by atoms with E-state index in [0.717, 1.165) is 30.8 Å². The second kappa shape index (κ2) is 5.92. The molecule has 0 bridgehead atoms. The van der Waals surface area contributed by atoms with Crippen molar-refractivity contribution >= 4 is 11.4 Å². The lowest BCUT2D eigenvalue weighted by molar-refractivity contribution is 0.211. The van der Waals surface area contributed by atoms with E-state index in [4.69, 9.17) is 4.74 Å². The molecule has 2 aromatic rings. The summed E-state index contributed by atoms with van der Waals surface area (Å²) in [4.78, 5) is 4.31. The summed E-state index contributed by atoms with van der Waals surface area (Å²) in [6.07, 6.45) is 4.85. The Morgan fingerprint density at radius 1 is 1.25 bits per heavy atom. The molecule has 1 aromatic heterocycles. The molecule has 2 N–H and O–H groups in total. The number of anilines is 2. The van der Waals surface area contributed by atoms with Crippen molar-refractivity contribution in [2.24, 2.45) is 0 Å². The van der Waals surface area contributed by atoms with Crippen LogP contribution in [0.3, 0.4) is 0 Å². The molecule has 0 radical (unpaired) electrons. The average molecular weight is 269 g/mol. The smallest absolute Gasteiger partial charge is 0.0635 e. The van der Waals surface area contributed by atoms with Crippen LogP contribution in [0, 0.1) is 0 Å². The number of hydrogen-bond acceptors (Lipinski definition) is 4. The second-order valence-corrected chi connectivity index (χ2v) is 4.93. The molecule has 1 aliphatic heterocycles. The van der Waals surface area contributed by atoms with Crippen molar-refractivity contribution < 1.29 is 4.74 Å². The summed E-state index contributed by atoms with van der Waals surface area (Å²) in [6.45, 7) is 2.51. The van der Waals surface area contributed by atoms with Gasteiger partial charge in [-0.25, -0.2) is 0 Å². The van der Waals surface area contributed by atoms with Gasteiger partial charge in [0.1, 0.15) is 0 Å². The monoisotopic (exact) mass is 269 g/mol. The van der Waals surface area contributed by atoms with Crippen LogP contribution in [0.2, 0.25) is 0 Å². The lowest BCUT2D eigenvalue weighted by atomic mass is 10.0. The molecular formula is C16H19N3O. The van der Waals surface area contributed by atoms with E-state index >= 15 is 0 Å². The minimum atomic E-state index is 0.689. The van der Waals surface area contributed by atoms with Crippen LogP contribution < -0.4 is 10.6 Å². The molecule has 0 fully saturated rings. The van der Waals surface area contributed by atoms with Gasteiger partial charge in [-0.3, -0.25) is 4.98 Å². The van der Waals surface area contributed by atoms with Crippen LogP contribution in [0.25, 0.3) is 11.1 Å². The van der Waals surface area contributed by atoms with E-state index in [9.17, 15) is 0 Å². The number of ether oxygens (including phenoxy) is 1. The standard InChI is InChI=1S/C16H19N3O/c1-20-7-6-18-15-9-14(10-17-11-15)12-2-3-16-13(8-12)4-5-19-16/h2-3,8-11,18-19H,4-7H2,1H3. The first-order valence-electron chi connectivity index (χ1n) is 6.92. The van der Waals surface area contributed by atoms with Gasteiger partial charge in [0, 0.05) is 43.8 Å². The van der Waals surface area contributed by atoms with Crippen LogP contribution in [-0.2, 0) is 11.2 Å². The SMILES string of the molecule is COCCNc1cncc(-c2ccc3c(c2)CCN3)c1. The Morgan fingerprint density at radius 2 is 2.20 bits per heavy atom. The molecule has 0 atom stereocenters. The molecule has 0 saturated heterocycles. The number of benzene rings is 1. The van der Waals surface area contributed by atoms with E-state index in [0.29, 0.717) is 6.61 Å². The zero-order chi connectivity index (χ0) is 13.8. The van der Waals surface area contributed by atoms with Crippen LogP contribution in [0.1, 0.15) is 5.56 Å². The average Bonchev–Trinajstić information content (AvgIpc) is 2.95. The molecule has 1 aliphatic rings. The van der Waals surface area contributed by atoms with E-state index in [2.05, 4.69) is 39.9 Å². The van der Waals surface area contributed by atoms with Gasteiger partial charge in [0.25, 0.3) is 0 Å². The van der Waals surface area contributed by atoms with Gasteiger partial charge in [-0.2, -0.15) is 0 Å². The molecule has 0 amide bonds. The fourth-order valence-electron chi connectivity index (χ4n) is 2.48. The van der Waals surface area contributed by atoms with Crippen molar-refractivity contribution in [3.8, 4) is 11.1 Å². The number of aromatic nitrogens is 1. The normalized spacial score (nSPS) is 12.8. The van der Waals surface area contributed by atoms with Gasteiger partial charge in [-0.15, -0.1) is 0 Å². The Balaban J connectivity index is 1.81. The third-order valence-corrected chi connectivity index (χ3v) is 3.52. The van der Waals surface area contributed by atoms with E-state index < -0.39 is 0 Å². The Kier molecular flexibility index (Phi) is 3.83. The van der Waals surface area contributed by atoms with Crippen LogP contribution in [0.4, 0.5) is 11.4 Å². The summed E-state index contributed by atoms with van der Waals surface area (Å²) in [5, 5.41) is 6.69. The molecule has 4 heteroatoms. The van der Waals surface area contributed by atoms with Crippen molar-refractivity contribution in [1.29, 1.82) is 0 Å². The fraction of sp³-hybridized carbons (Fsp3) is 0.312. The summed E-state index contributed by atoms with van der Waals surface area (Å²) in [5.41, 5.74) is 6.03. The predicted octanol–water partition coefficient (Wildman–Crippen LogP) is 2.77. The first kappa shape index (κ1) is 12.9. The maximum absolute atomic E-state index is 5.04. The van der Waals surface area contributed by atoms with Gasteiger partial charge in [0.2, 0.25) is 0 Å². The Morgan fingerprint density at radius 3 is 3.10 bits per heavy atom. The highest BCUT2D eigenvalue weighted by atomic mass is 16.5. The minimum absolute atomic E-state index is 0.689. The van der Waals surface area contributed by atoms with Crippen molar-refractivity contribution in [2.75, 3.05) is 37.4 Å². The maximum Gasteiger partial charge on any atom is 0.0635 e. The third kappa shape index (κ3) is 2.75. The predicted molar refractivity (Wildman–Crippen MR) is 82.2 cm³/mol. The summed E-state index contributed by atoms with van der Waals surface area (Å²) in [6, 6.07) is 8.69. The summed E-state index contributed by atoms with van der Waals surface area (Å²) >= 11 is 0. The first-order chi connectivity index (χ1) is 9.86. The second-order valence-electron chi connectivity index (χ2n) is 4.93. The lowest BCUT2D eigenvalue weighted by Gasteiger charge is -2.08. The van der Waals surface area contributed by atoms with E-state index in [-0.39, 0.29) is 0 Å². The quantitative estimate of drug-likeness (QED) is 0.819. The van der Waals surface area contributed by atoms with E-state index in [1.165, 1.54) is 16.8 Å². The molecule has 0 spiro atoms. The molecular weight excluding hydrogens is 250 g/mol. The number of nitrogens with zero attached hydrogens (tertiary/aromatic N) is 1. The first-order valence-corrected chi connectivity index (χ1v) is 6.92. The largest absolute Gasteiger partial charge is 0.384 e. The van der Waals surface area contributed by atoms with E-state index in [1.54, 1.807) is 7.11 Å². The van der Waals surface area contributed by atoms with Crippen LogP contribution in [0.5, 0.6) is 0 Å². The van der Waals surface area contributed by atoms with Gasteiger partial charge in [0.15, 0.2) is 0 Å². The molecule has 4 nitrogen and oxygen atoms in total. The van der Waals surface area contributed by atoms with Crippen LogP contribution in [-0.4, -0.2) is 31.8 Å². The van der Waals surface area contributed by atoms with E-state index in [1.807, 2.05) is 12.4 Å². The van der Waals surface area contributed by atoms with Gasteiger partial charge >= 0.3 is 0 Å². The molecule has 104 valence electrons. The molecule has 20 heavy (non-hydrogen) atoms. The number of fused-ring (bicyclic) bond motifs is 1. The number of hydrogen-bond donors (Lipinski definition) is 2. The molecule has 1 aromatic carbocycles. The van der Waals surface area contributed by atoms with Gasteiger partial charge in [-0.05, 0) is 35.7 Å². The molecule has 2 heterocycles. The highest BCUT2D eigenvalue weighted by Gasteiger charge is 2.10. The number of methoxy groups -OCH3 is 1. The van der Waals surface area contributed by atoms with Gasteiger partial charge in [0.05, 0.1) is 12.3 Å². The third-order valence-electron chi connectivity index (χ3n) is 3.52. The summed E-state index contributed by atoms with van der Waals surface area (Å²) < 4.78 is 5.04. The Hall–Kier alpha value is -2.07. The molecule has 0 saturated carbocycles. The van der Waals surface area contributed by atoms with Crippen LogP contribution >= 0.6 is 0 Å². The number of rotatable bonds is 5. The molecule has 0 unspecified atom stereocenters. The topological polar surface area (TPSA) is 46.2 Å². The van der Waals surface area contributed by atoms with Crippen molar-refractivity contribution in [2.45, 2.75) is 6.42 Å². The highest BCUT2D eigenvalue weighted by molar-refractivity contribution is 5.71. The number of nitrogens with one attached hydrogen (secondary N) is 2. The van der Waals surface area contributed by atoms with Gasteiger partial charge in [-0.1, -0.05) is 6.07 Å². The lowest BCUT2D eigenvalue weighted by Crippen LogP contribution is -2.07. The molecule has 0 aliphatic carbocycles. The van der Waals surface area contributed by atoms with Crippen molar-refractivity contribution in [3.63, 3.8) is 0 Å². The maximum atomic E-state index is 5.04. The molecule has 3 rings (SSSR count). The summed E-state index contributed by atoms with van der Waals surface area (Å²) in [7, 11) is 1.70. The minimum Gasteiger partial charge on any atom is -0.384 e. The Bertz CT molecular complexity index is 598. The van der Waals surface area contributed by atoms with Crippen LogP contribution in [0.15, 0.2) is 36.7 Å².